The Labute approximate surface area is 120 Å². The summed E-state index contributed by atoms with van der Waals surface area (Å²) in [4.78, 5) is 7.17. The van der Waals surface area contributed by atoms with Gasteiger partial charge in [0.1, 0.15) is 0 Å². The maximum Gasteiger partial charge on any atom is 0.0466 e. The predicted octanol–water partition coefficient (Wildman–Crippen LogP) is 4.12. The van der Waals surface area contributed by atoms with Crippen molar-refractivity contribution in [1.82, 2.24) is 9.88 Å². The van der Waals surface area contributed by atoms with Gasteiger partial charge in [0.15, 0.2) is 0 Å². The molecule has 2 aromatic rings. The molecule has 4 heteroatoms. The Morgan fingerprint density at radius 1 is 1.33 bits per heavy atom. The molecule has 0 spiro atoms. The van der Waals surface area contributed by atoms with Crippen molar-refractivity contribution in [3.05, 3.63) is 28.9 Å². The number of rotatable bonds is 2. The van der Waals surface area contributed by atoms with Crippen LogP contribution in [0.1, 0.15) is 12.8 Å². The van der Waals surface area contributed by atoms with E-state index in [0.717, 1.165) is 9.72 Å². The second kappa shape index (κ2) is 5.27. The highest BCUT2D eigenvalue weighted by Crippen LogP contribution is 2.35. The molecule has 0 amide bonds. The van der Waals surface area contributed by atoms with Crippen LogP contribution in [0.25, 0.3) is 10.9 Å². The average Bonchev–Trinajstić information content (AvgIpc) is 2.75. The van der Waals surface area contributed by atoms with Gasteiger partial charge in [-0.1, -0.05) is 15.9 Å². The van der Waals surface area contributed by atoms with Crippen molar-refractivity contribution in [3.8, 4) is 0 Å². The van der Waals surface area contributed by atoms with Crippen molar-refractivity contribution in [2.75, 3.05) is 20.1 Å². The van der Waals surface area contributed by atoms with Gasteiger partial charge in [-0.05, 0) is 51.2 Å². The van der Waals surface area contributed by atoms with Crippen molar-refractivity contribution in [1.29, 1.82) is 0 Å². The molecule has 2 heterocycles. The Kier molecular flexibility index (Phi) is 3.68. The zero-order valence-corrected chi connectivity index (χ0v) is 12.9. The van der Waals surface area contributed by atoms with Gasteiger partial charge >= 0.3 is 0 Å². The fourth-order valence-corrected chi connectivity index (χ4v) is 4.04. The molecule has 0 unspecified atom stereocenters. The van der Waals surface area contributed by atoms with Gasteiger partial charge in [-0.25, -0.2) is 0 Å². The summed E-state index contributed by atoms with van der Waals surface area (Å²) in [5, 5.41) is 2.10. The van der Waals surface area contributed by atoms with E-state index in [1.54, 1.807) is 0 Å². The minimum absolute atomic E-state index is 0.763. The highest BCUT2D eigenvalue weighted by Gasteiger charge is 2.18. The fraction of sp³-hybridized carbons (Fsp3) is 0.429. The molecule has 2 nitrogen and oxygen atoms in total. The Morgan fingerprint density at radius 3 is 2.89 bits per heavy atom. The number of H-pyrrole nitrogens is 1. The summed E-state index contributed by atoms with van der Waals surface area (Å²) < 4.78 is 1.15. The molecule has 1 N–H and O–H groups in total. The first kappa shape index (κ1) is 12.6. The molecule has 0 atom stereocenters. The summed E-state index contributed by atoms with van der Waals surface area (Å²) in [6.07, 6.45) is 4.74. The van der Waals surface area contributed by atoms with E-state index < -0.39 is 0 Å². The largest absolute Gasteiger partial charge is 0.360 e. The number of piperidine rings is 1. The third-order valence-electron chi connectivity index (χ3n) is 3.57. The molecule has 1 aliphatic heterocycles. The van der Waals surface area contributed by atoms with Crippen LogP contribution in [0.3, 0.4) is 0 Å². The van der Waals surface area contributed by atoms with Crippen LogP contribution in [0, 0.1) is 0 Å². The Bertz CT molecular complexity index is 544. The van der Waals surface area contributed by atoms with Crippen molar-refractivity contribution in [2.45, 2.75) is 23.0 Å². The lowest BCUT2D eigenvalue weighted by Gasteiger charge is -2.28. The third kappa shape index (κ3) is 2.60. The molecule has 1 fully saturated rings. The topological polar surface area (TPSA) is 19.0 Å². The quantitative estimate of drug-likeness (QED) is 0.896. The first-order valence-electron chi connectivity index (χ1n) is 6.34. The van der Waals surface area contributed by atoms with Gasteiger partial charge in [-0.2, -0.15) is 0 Å². The van der Waals surface area contributed by atoms with Crippen LogP contribution in [-0.4, -0.2) is 35.3 Å². The molecule has 1 aromatic carbocycles. The van der Waals surface area contributed by atoms with Crippen LogP contribution in [-0.2, 0) is 0 Å². The minimum Gasteiger partial charge on any atom is -0.360 e. The second-order valence-corrected chi connectivity index (χ2v) is 7.22. The number of halogens is 1. The number of thioether (sulfide) groups is 1. The van der Waals surface area contributed by atoms with E-state index in [2.05, 4.69) is 57.3 Å². The smallest absolute Gasteiger partial charge is 0.0466 e. The number of nitrogens with one attached hydrogen (secondary N) is 1. The van der Waals surface area contributed by atoms with Crippen molar-refractivity contribution in [2.24, 2.45) is 0 Å². The Hall–Kier alpha value is -0.450. The molecule has 1 aliphatic rings. The van der Waals surface area contributed by atoms with E-state index in [-0.39, 0.29) is 0 Å². The first-order chi connectivity index (χ1) is 8.72. The Morgan fingerprint density at radius 2 is 2.11 bits per heavy atom. The lowest BCUT2D eigenvalue weighted by Crippen LogP contribution is -2.31. The molecule has 96 valence electrons. The molecule has 18 heavy (non-hydrogen) atoms. The lowest BCUT2D eigenvalue weighted by atomic mass is 10.1. The van der Waals surface area contributed by atoms with Crippen LogP contribution in [0.4, 0.5) is 0 Å². The molecule has 3 rings (SSSR count). The van der Waals surface area contributed by atoms with Crippen LogP contribution >= 0.6 is 27.7 Å². The van der Waals surface area contributed by atoms with Crippen molar-refractivity contribution in [3.63, 3.8) is 0 Å². The molecular weight excluding hydrogens is 308 g/mol. The van der Waals surface area contributed by atoms with E-state index in [1.807, 2.05) is 11.8 Å². The van der Waals surface area contributed by atoms with Crippen LogP contribution < -0.4 is 0 Å². The maximum absolute atomic E-state index is 3.55. The van der Waals surface area contributed by atoms with E-state index in [4.69, 9.17) is 0 Å². The number of likely N-dealkylation sites (tertiary alicyclic amines) is 1. The average molecular weight is 325 g/mol. The standard InChI is InChI=1S/C14H17BrN2S/c1-17-6-4-11(5-7-17)18-14-9-16-13-3-2-10(15)8-12(13)14/h2-3,8-9,11,16H,4-7H2,1H3. The first-order valence-corrected chi connectivity index (χ1v) is 8.01. The van der Waals surface area contributed by atoms with E-state index >= 15 is 0 Å². The van der Waals surface area contributed by atoms with Crippen LogP contribution in [0.15, 0.2) is 33.8 Å². The summed E-state index contributed by atoms with van der Waals surface area (Å²) >= 11 is 5.59. The number of nitrogens with zero attached hydrogens (tertiary/aromatic N) is 1. The molecule has 0 saturated carbocycles. The summed E-state index contributed by atoms with van der Waals surface area (Å²) in [5.41, 5.74) is 1.23. The maximum atomic E-state index is 3.55. The number of aromatic amines is 1. The zero-order chi connectivity index (χ0) is 12.5. The normalized spacial score (nSPS) is 18.6. The highest BCUT2D eigenvalue weighted by molar-refractivity contribution is 9.10. The number of hydrogen-bond acceptors (Lipinski definition) is 2. The van der Waals surface area contributed by atoms with Gasteiger partial charge in [0, 0.05) is 31.7 Å². The van der Waals surface area contributed by atoms with E-state index in [9.17, 15) is 0 Å². The SMILES string of the molecule is CN1CCC(Sc2c[nH]c3ccc(Br)cc23)CC1. The van der Waals surface area contributed by atoms with E-state index in [1.165, 1.54) is 41.7 Å². The molecule has 0 aliphatic carbocycles. The highest BCUT2D eigenvalue weighted by atomic mass is 79.9. The number of fused-ring (bicyclic) bond motifs is 1. The molecule has 1 aromatic heterocycles. The Balaban J connectivity index is 1.80. The molecule has 0 bridgehead atoms. The number of aromatic nitrogens is 1. The number of hydrogen-bond donors (Lipinski definition) is 1. The van der Waals surface area contributed by atoms with Gasteiger partial charge in [0.25, 0.3) is 0 Å². The lowest BCUT2D eigenvalue weighted by molar-refractivity contribution is 0.282. The van der Waals surface area contributed by atoms with Gasteiger partial charge in [0.2, 0.25) is 0 Å². The summed E-state index contributed by atoms with van der Waals surface area (Å²) in [5.74, 6) is 0. The summed E-state index contributed by atoms with van der Waals surface area (Å²) in [6, 6.07) is 6.43. The van der Waals surface area contributed by atoms with Gasteiger partial charge in [-0.15, -0.1) is 11.8 Å². The zero-order valence-electron chi connectivity index (χ0n) is 10.4. The predicted molar refractivity (Wildman–Crippen MR) is 82.4 cm³/mol. The van der Waals surface area contributed by atoms with Gasteiger partial charge in [0.05, 0.1) is 0 Å². The minimum atomic E-state index is 0.763. The van der Waals surface area contributed by atoms with Crippen molar-refractivity contribution < 1.29 is 0 Å². The van der Waals surface area contributed by atoms with Crippen molar-refractivity contribution >= 4 is 38.6 Å². The van der Waals surface area contributed by atoms with Crippen LogP contribution in [0.5, 0.6) is 0 Å². The van der Waals surface area contributed by atoms with Gasteiger partial charge in [-0.3, -0.25) is 0 Å². The summed E-state index contributed by atoms with van der Waals surface area (Å²) in [7, 11) is 2.21. The molecule has 1 saturated heterocycles. The second-order valence-electron chi connectivity index (χ2n) is 4.96. The molecule has 0 radical (unpaired) electrons. The number of benzene rings is 1. The fourth-order valence-electron chi connectivity index (χ4n) is 2.45. The van der Waals surface area contributed by atoms with E-state index in [0.29, 0.717) is 0 Å². The third-order valence-corrected chi connectivity index (χ3v) is 5.45. The summed E-state index contributed by atoms with van der Waals surface area (Å²) in [6.45, 7) is 2.45. The van der Waals surface area contributed by atoms with Gasteiger partial charge < -0.3 is 9.88 Å². The van der Waals surface area contributed by atoms with Crippen LogP contribution in [0.2, 0.25) is 0 Å². The monoisotopic (exact) mass is 324 g/mol. The molecular formula is C14H17BrN2S.